The van der Waals surface area contributed by atoms with E-state index in [-0.39, 0.29) is 11.2 Å². The topological polar surface area (TPSA) is 6.48 Å². The van der Waals surface area contributed by atoms with Crippen molar-refractivity contribution >= 4 is 18.3 Å². The molecule has 0 saturated carbocycles. The first-order valence-corrected chi connectivity index (χ1v) is 7.47. The number of benzene rings is 1. The molecule has 0 aromatic heterocycles. The Morgan fingerprint density at radius 3 is 2.21 bits per heavy atom. The van der Waals surface area contributed by atoms with Gasteiger partial charge in [0.15, 0.2) is 0 Å². The van der Waals surface area contributed by atoms with Crippen LogP contribution < -0.4 is 4.90 Å². The highest BCUT2D eigenvalue weighted by Gasteiger charge is 2.23. The van der Waals surface area contributed by atoms with Gasteiger partial charge in [0, 0.05) is 38.4 Å². The third-order valence-corrected chi connectivity index (χ3v) is 4.50. The Morgan fingerprint density at radius 1 is 1.11 bits per heavy atom. The van der Waals surface area contributed by atoms with Gasteiger partial charge in [-0.15, -0.1) is 0 Å². The summed E-state index contributed by atoms with van der Waals surface area (Å²) < 4.78 is 12.9. The minimum Gasteiger partial charge on any atom is -0.369 e. The SMILES string of the molecule is CC(C)(CS)CN1CCN(c2ccc(F)cc2)CC1. The highest BCUT2D eigenvalue weighted by molar-refractivity contribution is 7.80. The summed E-state index contributed by atoms with van der Waals surface area (Å²) in [4.78, 5) is 4.82. The summed E-state index contributed by atoms with van der Waals surface area (Å²) in [6, 6.07) is 6.79. The molecule has 0 aliphatic carbocycles. The van der Waals surface area contributed by atoms with Gasteiger partial charge >= 0.3 is 0 Å². The van der Waals surface area contributed by atoms with E-state index in [0.717, 1.165) is 44.2 Å². The van der Waals surface area contributed by atoms with Crippen LogP contribution in [0.2, 0.25) is 0 Å². The highest BCUT2D eigenvalue weighted by Crippen LogP contribution is 2.21. The number of thiol groups is 1. The predicted octanol–water partition coefficient (Wildman–Crippen LogP) is 2.90. The molecule has 1 saturated heterocycles. The van der Waals surface area contributed by atoms with Crippen LogP contribution >= 0.6 is 12.6 Å². The lowest BCUT2D eigenvalue weighted by molar-refractivity contribution is 0.185. The summed E-state index contributed by atoms with van der Waals surface area (Å²) in [5.41, 5.74) is 1.38. The summed E-state index contributed by atoms with van der Waals surface area (Å²) in [5.74, 6) is 0.739. The van der Waals surface area contributed by atoms with Crippen molar-refractivity contribution in [1.82, 2.24) is 4.90 Å². The van der Waals surface area contributed by atoms with Gasteiger partial charge in [0.1, 0.15) is 5.82 Å². The molecule has 0 N–H and O–H groups in total. The molecule has 2 nitrogen and oxygen atoms in total. The molecule has 0 amide bonds. The van der Waals surface area contributed by atoms with E-state index < -0.39 is 0 Å². The zero-order chi connectivity index (χ0) is 13.9. The van der Waals surface area contributed by atoms with Gasteiger partial charge in [-0.2, -0.15) is 12.6 Å². The molecule has 1 aromatic rings. The first kappa shape index (κ1) is 14.7. The smallest absolute Gasteiger partial charge is 0.123 e. The van der Waals surface area contributed by atoms with Crippen LogP contribution in [0.1, 0.15) is 13.8 Å². The summed E-state index contributed by atoms with van der Waals surface area (Å²) in [7, 11) is 0. The Balaban J connectivity index is 1.87. The van der Waals surface area contributed by atoms with Crippen molar-refractivity contribution in [2.45, 2.75) is 13.8 Å². The number of piperazine rings is 1. The van der Waals surface area contributed by atoms with E-state index in [0.29, 0.717) is 0 Å². The van der Waals surface area contributed by atoms with Crippen LogP contribution in [-0.2, 0) is 0 Å². The normalized spacial score (nSPS) is 17.8. The van der Waals surface area contributed by atoms with Gasteiger partial charge in [-0.05, 0) is 35.4 Å². The standard InChI is InChI=1S/C15H23FN2S/c1-15(2,12-19)11-17-7-9-18(10-8-17)14-5-3-13(16)4-6-14/h3-6,19H,7-12H2,1-2H3. The molecule has 1 fully saturated rings. The third-order valence-electron chi connectivity index (χ3n) is 3.64. The van der Waals surface area contributed by atoms with Gasteiger partial charge in [0.2, 0.25) is 0 Å². The zero-order valence-corrected chi connectivity index (χ0v) is 12.7. The van der Waals surface area contributed by atoms with Crippen LogP contribution in [0.3, 0.4) is 0 Å². The number of anilines is 1. The molecular weight excluding hydrogens is 259 g/mol. The second kappa shape index (κ2) is 6.14. The molecule has 0 radical (unpaired) electrons. The predicted molar refractivity (Wildman–Crippen MR) is 82.7 cm³/mol. The molecule has 106 valence electrons. The van der Waals surface area contributed by atoms with Crippen molar-refractivity contribution in [3.63, 3.8) is 0 Å². The maximum atomic E-state index is 12.9. The maximum absolute atomic E-state index is 12.9. The molecule has 0 unspecified atom stereocenters. The number of rotatable bonds is 4. The highest BCUT2D eigenvalue weighted by atomic mass is 32.1. The number of hydrogen-bond acceptors (Lipinski definition) is 3. The molecule has 1 aliphatic heterocycles. The van der Waals surface area contributed by atoms with Crippen LogP contribution in [0.5, 0.6) is 0 Å². The molecule has 1 aromatic carbocycles. The molecule has 0 bridgehead atoms. The average molecular weight is 282 g/mol. The minimum absolute atomic E-state index is 0.169. The Labute approximate surface area is 121 Å². The van der Waals surface area contributed by atoms with Gasteiger partial charge in [0.05, 0.1) is 0 Å². The van der Waals surface area contributed by atoms with Crippen LogP contribution in [0.15, 0.2) is 24.3 Å². The fourth-order valence-electron chi connectivity index (χ4n) is 2.47. The lowest BCUT2D eigenvalue weighted by atomic mass is 9.95. The van der Waals surface area contributed by atoms with Gasteiger partial charge in [-0.3, -0.25) is 4.90 Å². The Morgan fingerprint density at radius 2 is 1.68 bits per heavy atom. The first-order chi connectivity index (χ1) is 9.00. The Kier molecular flexibility index (Phi) is 4.74. The van der Waals surface area contributed by atoms with E-state index in [1.807, 2.05) is 12.1 Å². The average Bonchev–Trinajstić information content (AvgIpc) is 2.40. The van der Waals surface area contributed by atoms with E-state index in [1.54, 1.807) is 0 Å². The molecule has 1 aliphatic rings. The first-order valence-electron chi connectivity index (χ1n) is 6.84. The quantitative estimate of drug-likeness (QED) is 0.848. The molecule has 1 heterocycles. The lowest BCUT2D eigenvalue weighted by Crippen LogP contribution is -2.49. The number of halogens is 1. The molecule has 4 heteroatoms. The van der Waals surface area contributed by atoms with Crippen molar-refractivity contribution in [1.29, 1.82) is 0 Å². The second-order valence-electron chi connectivity index (χ2n) is 6.06. The fraction of sp³-hybridized carbons (Fsp3) is 0.600. The summed E-state index contributed by atoms with van der Waals surface area (Å²) in [5, 5.41) is 0. The van der Waals surface area contributed by atoms with Crippen molar-refractivity contribution in [2.24, 2.45) is 5.41 Å². The third kappa shape index (κ3) is 4.11. The van der Waals surface area contributed by atoms with E-state index in [2.05, 4.69) is 36.3 Å². The van der Waals surface area contributed by atoms with Crippen LogP contribution in [0.4, 0.5) is 10.1 Å². The molecule has 0 spiro atoms. The van der Waals surface area contributed by atoms with Gasteiger partial charge < -0.3 is 4.90 Å². The maximum Gasteiger partial charge on any atom is 0.123 e. The van der Waals surface area contributed by atoms with Gasteiger partial charge in [-0.1, -0.05) is 13.8 Å². The summed E-state index contributed by atoms with van der Waals surface area (Å²) in [6.07, 6.45) is 0. The Hall–Kier alpha value is -0.740. The van der Waals surface area contributed by atoms with E-state index in [1.165, 1.54) is 12.1 Å². The Bertz CT molecular complexity index is 397. The van der Waals surface area contributed by atoms with Crippen molar-refractivity contribution < 1.29 is 4.39 Å². The van der Waals surface area contributed by atoms with E-state index in [4.69, 9.17) is 0 Å². The number of nitrogens with zero attached hydrogens (tertiary/aromatic N) is 2. The van der Waals surface area contributed by atoms with Crippen molar-refractivity contribution in [3.8, 4) is 0 Å². The van der Waals surface area contributed by atoms with E-state index >= 15 is 0 Å². The van der Waals surface area contributed by atoms with Crippen LogP contribution in [0, 0.1) is 11.2 Å². The largest absolute Gasteiger partial charge is 0.369 e. The molecule has 19 heavy (non-hydrogen) atoms. The molecule has 2 rings (SSSR count). The monoisotopic (exact) mass is 282 g/mol. The van der Waals surface area contributed by atoms with Crippen molar-refractivity contribution in [3.05, 3.63) is 30.1 Å². The summed E-state index contributed by atoms with van der Waals surface area (Å²) in [6.45, 7) is 9.75. The molecular formula is C15H23FN2S. The zero-order valence-electron chi connectivity index (χ0n) is 11.8. The number of hydrogen-bond donors (Lipinski definition) is 1. The molecule has 0 atom stereocenters. The minimum atomic E-state index is -0.169. The van der Waals surface area contributed by atoms with Crippen LogP contribution in [-0.4, -0.2) is 43.4 Å². The fourth-order valence-corrected chi connectivity index (χ4v) is 2.57. The van der Waals surface area contributed by atoms with Crippen molar-refractivity contribution in [2.75, 3.05) is 43.4 Å². The van der Waals surface area contributed by atoms with Gasteiger partial charge in [0.25, 0.3) is 0 Å². The lowest BCUT2D eigenvalue weighted by Gasteiger charge is -2.39. The van der Waals surface area contributed by atoms with Crippen LogP contribution in [0.25, 0.3) is 0 Å². The summed E-state index contributed by atoms with van der Waals surface area (Å²) >= 11 is 4.41. The van der Waals surface area contributed by atoms with E-state index in [9.17, 15) is 4.39 Å². The second-order valence-corrected chi connectivity index (χ2v) is 6.38. The van der Waals surface area contributed by atoms with Gasteiger partial charge in [-0.25, -0.2) is 4.39 Å².